The number of rotatable bonds is 6. The minimum absolute atomic E-state index is 0.0940. The highest BCUT2D eigenvalue weighted by Crippen LogP contribution is 2.26. The summed E-state index contributed by atoms with van der Waals surface area (Å²) in [6.07, 6.45) is 4.86. The smallest absolute Gasteiger partial charge is 0.237 e. The van der Waals surface area contributed by atoms with E-state index in [0.29, 0.717) is 38.3 Å². The summed E-state index contributed by atoms with van der Waals surface area (Å²) in [5.74, 6) is 0.400. The number of hydrogen-bond donors (Lipinski definition) is 0. The molecule has 6 nitrogen and oxygen atoms in total. The fourth-order valence-corrected chi connectivity index (χ4v) is 3.72. The van der Waals surface area contributed by atoms with Crippen LogP contribution in [0.3, 0.4) is 0 Å². The number of nitrogens with zero attached hydrogens (tertiary/aromatic N) is 4. The zero-order valence-corrected chi connectivity index (χ0v) is 15.6. The van der Waals surface area contributed by atoms with E-state index in [2.05, 4.69) is 23.6 Å². The first-order valence-electron chi connectivity index (χ1n) is 9.36. The Bertz CT molecular complexity index is 445. The molecule has 0 spiro atoms. The number of amides is 2. The van der Waals surface area contributed by atoms with Crippen LogP contribution in [0.15, 0.2) is 0 Å². The molecule has 1 heterocycles. The lowest BCUT2D eigenvalue weighted by atomic mass is 10.1. The zero-order chi connectivity index (χ0) is 17.4. The molecule has 0 N–H and O–H groups in total. The van der Waals surface area contributed by atoms with Crippen LogP contribution in [0.5, 0.6) is 0 Å². The van der Waals surface area contributed by atoms with Gasteiger partial charge in [0.15, 0.2) is 0 Å². The van der Waals surface area contributed by atoms with E-state index in [1.807, 2.05) is 23.9 Å². The molecule has 1 aliphatic heterocycles. The predicted molar refractivity (Wildman–Crippen MR) is 93.7 cm³/mol. The molecule has 0 aromatic heterocycles. The Kier molecular flexibility index (Phi) is 5.16. The zero-order valence-electron chi connectivity index (χ0n) is 15.6. The van der Waals surface area contributed by atoms with Crippen LogP contribution in [-0.2, 0) is 9.59 Å². The normalized spacial score (nSPS) is 27.9. The van der Waals surface area contributed by atoms with Gasteiger partial charge in [-0.15, -0.1) is 0 Å². The van der Waals surface area contributed by atoms with Crippen molar-refractivity contribution >= 4 is 11.8 Å². The Morgan fingerprint density at radius 1 is 0.792 bits per heavy atom. The minimum atomic E-state index is 0.0940. The highest BCUT2D eigenvalue weighted by atomic mass is 16.2. The maximum absolute atomic E-state index is 12.6. The summed E-state index contributed by atoms with van der Waals surface area (Å²) in [6, 6.07) is 1.39. The van der Waals surface area contributed by atoms with Crippen LogP contribution in [0.2, 0.25) is 0 Å². The average molecular weight is 336 g/mol. The molecule has 2 aliphatic carbocycles. The molecule has 0 aromatic rings. The van der Waals surface area contributed by atoms with E-state index < -0.39 is 0 Å². The molecule has 0 bridgehead atoms. The third-order valence-electron chi connectivity index (χ3n) is 5.74. The van der Waals surface area contributed by atoms with Gasteiger partial charge in [-0.25, -0.2) is 0 Å². The lowest BCUT2D eigenvalue weighted by Crippen LogP contribution is -2.61. The molecule has 0 radical (unpaired) electrons. The summed E-state index contributed by atoms with van der Waals surface area (Å²) >= 11 is 0. The largest absolute Gasteiger partial charge is 0.335 e. The Hall–Kier alpha value is -1.14. The van der Waals surface area contributed by atoms with Crippen LogP contribution in [0.1, 0.15) is 39.5 Å². The van der Waals surface area contributed by atoms with Crippen LogP contribution in [0, 0.1) is 0 Å². The van der Waals surface area contributed by atoms with E-state index >= 15 is 0 Å². The predicted octanol–water partition coefficient (Wildman–Crippen LogP) is 0.623. The summed E-state index contributed by atoms with van der Waals surface area (Å²) in [5.41, 5.74) is 0. The van der Waals surface area contributed by atoms with Gasteiger partial charge in [-0.3, -0.25) is 19.4 Å². The van der Waals surface area contributed by atoms with Crippen molar-refractivity contribution in [2.75, 3.05) is 40.3 Å². The van der Waals surface area contributed by atoms with Crippen molar-refractivity contribution in [1.29, 1.82) is 0 Å². The van der Waals surface area contributed by atoms with Gasteiger partial charge < -0.3 is 9.80 Å². The first kappa shape index (κ1) is 17.7. The summed E-state index contributed by atoms with van der Waals surface area (Å²) in [7, 11) is 4.08. The number of carbonyl (C=O) groups excluding carboxylic acids is 2. The molecule has 136 valence electrons. The van der Waals surface area contributed by atoms with Crippen LogP contribution in [-0.4, -0.2) is 95.9 Å². The second-order valence-electron chi connectivity index (χ2n) is 8.08. The van der Waals surface area contributed by atoms with E-state index in [9.17, 15) is 9.59 Å². The van der Waals surface area contributed by atoms with Crippen molar-refractivity contribution in [3.05, 3.63) is 0 Å². The standard InChI is InChI=1S/C18H32N4O2/c1-13-9-22(18(24)12-20(4)16-7-8-16)14(2)10-21(13)17(23)11-19(3)15-5-6-15/h13-16H,5-12H2,1-4H3/t13-,14-/m1/s1. The van der Waals surface area contributed by atoms with Gasteiger partial charge in [-0.05, 0) is 53.6 Å². The topological polar surface area (TPSA) is 47.1 Å². The van der Waals surface area contributed by atoms with E-state index in [-0.39, 0.29) is 23.9 Å². The van der Waals surface area contributed by atoms with E-state index in [4.69, 9.17) is 0 Å². The summed E-state index contributed by atoms with van der Waals surface area (Å²) in [4.78, 5) is 33.5. The van der Waals surface area contributed by atoms with Gasteiger partial charge in [-0.1, -0.05) is 0 Å². The van der Waals surface area contributed by atoms with Crippen molar-refractivity contribution < 1.29 is 9.59 Å². The number of carbonyl (C=O) groups is 2. The lowest BCUT2D eigenvalue weighted by molar-refractivity contribution is -0.146. The van der Waals surface area contributed by atoms with Gasteiger partial charge in [0.2, 0.25) is 11.8 Å². The van der Waals surface area contributed by atoms with Crippen LogP contribution >= 0.6 is 0 Å². The fraction of sp³-hybridized carbons (Fsp3) is 0.889. The van der Waals surface area contributed by atoms with Gasteiger partial charge in [0, 0.05) is 37.3 Å². The van der Waals surface area contributed by atoms with Gasteiger partial charge >= 0.3 is 0 Å². The molecule has 2 amide bonds. The quantitative estimate of drug-likeness (QED) is 0.714. The molecule has 2 atom stereocenters. The van der Waals surface area contributed by atoms with Gasteiger partial charge in [0.25, 0.3) is 0 Å². The van der Waals surface area contributed by atoms with Crippen molar-refractivity contribution in [3.63, 3.8) is 0 Å². The Balaban J connectivity index is 1.52. The molecular weight excluding hydrogens is 304 g/mol. The molecule has 0 aromatic carbocycles. The highest BCUT2D eigenvalue weighted by molar-refractivity contribution is 5.81. The summed E-state index contributed by atoms with van der Waals surface area (Å²) in [6.45, 7) is 6.42. The second kappa shape index (κ2) is 7.00. The van der Waals surface area contributed by atoms with E-state index in [1.165, 1.54) is 25.7 Å². The van der Waals surface area contributed by atoms with Crippen LogP contribution in [0.4, 0.5) is 0 Å². The van der Waals surface area contributed by atoms with Crippen molar-refractivity contribution in [1.82, 2.24) is 19.6 Å². The number of likely N-dealkylation sites (N-methyl/N-ethyl adjacent to an activating group) is 2. The summed E-state index contributed by atoms with van der Waals surface area (Å²) < 4.78 is 0. The minimum Gasteiger partial charge on any atom is -0.335 e. The molecule has 6 heteroatoms. The third kappa shape index (κ3) is 4.09. The molecule has 3 fully saturated rings. The Labute approximate surface area is 145 Å². The lowest BCUT2D eigenvalue weighted by Gasteiger charge is -2.45. The molecule has 24 heavy (non-hydrogen) atoms. The third-order valence-corrected chi connectivity index (χ3v) is 5.74. The SMILES string of the molecule is C[C@@H]1CN(C(=O)CN(C)C2CC2)[C@H](C)CN1C(=O)CN(C)C1CC1. The second-order valence-corrected chi connectivity index (χ2v) is 8.08. The van der Waals surface area contributed by atoms with Gasteiger partial charge in [-0.2, -0.15) is 0 Å². The molecule has 0 unspecified atom stereocenters. The molecule has 3 aliphatic rings. The molecule has 3 rings (SSSR count). The first-order chi connectivity index (χ1) is 11.4. The maximum atomic E-state index is 12.6. The summed E-state index contributed by atoms with van der Waals surface area (Å²) in [5, 5.41) is 0. The van der Waals surface area contributed by atoms with Gasteiger partial charge in [0.1, 0.15) is 0 Å². The van der Waals surface area contributed by atoms with Crippen LogP contribution in [0.25, 0.3) is 0 Å². The van der Waals surface area contributed by atoms with Crippen molar-refractivity contribution in [2.24, 2.45) is 0 Å². The fourth-order valence-electron chi connectivity index (χ4n) is 3.72. The monoisotopic (exact) mass is 336 g/mol. The maximum Gasteiger partial charge on any atom is 0.237 e. The first-order valence-corrected chi connectivity index (χ1v) is 9.36. The van der Waals surface area contributed by atoms with E-state index in [0.717, 1.165) is 0 Å². The number of hydrogen-bond acceptors (Lipinski definition) is 4. The Morgan fingerprint density at radius 3 is 1.42 bits per heavy atom. The Morgan fingerprint density at radius 2 is 1.12 bits per heavy atom. The van der Waals surface area contributed by atoms with E-state index in [1.54, 1.807) is 0 Å². The van der Waals surface area contributed by atoms with Gasteiger partial charge in [0.05, 0.1) is 13.1 Å². The molecule has 2 saturated carbocycles. The molecule has 1 saturated heterocycles. The van der Waals surface area contributed by atoms with Crippen LogP contribution < -0.4 is 0 Å². The van der Waals surface area contributed by atoms with Crippen molar-refractivity contribution in [2.45, 2.75) is 63.7 Å². The highest BCUT2D eigenvalue weighted by Gasteiger charge is 2.37. The van der Waals surface area contributed by atoms with Crippen molar-refractivity contribution in [3.8, 4) is 0 Å². The molecular formula is C18H32N4O2. The number of piperazine rings is 1. The average Bonchev–Trinajstić information content (AvgIpc) is 3.40.